The Morgan fingerprint density at radius 3 is 2.92 bits per heavy atom. The molecule has 8 nitrogen and oxygen atoms in total. The molecule has 4 atom stereocenters. The van der Waals surface area contributed by atoms with Gasteiger partial charge in [-0.05, 0) is 11.4 Å². The molecule has 10 heteroatoms. The van der Waals surface area contributed by atoms with Crippen molar-refractivity contribution in [3.05, 3.63) is 33.5 Å². The Labute approximate surface area is 151 Å². The van der Waals surface area contributed by atoms with E-state index in [1.807, 2.05) is 5.38 Å². The van der Waals surface area contributed by atoms with E-state index in [4.69, 9.17) is 9.84 Å². The van der Waals surface area contributed by atoms with E-state index in [2.05, 4.69) is 10.3 Å². The van der Waals surface area contributed by atoms with Gasteiger partial charge >= 0.3 is 0 Å². The van der Waals surface area contributed by atoms with Gasteiger partial charge in [0.2, 0.25) is 5.78 Å². The van der Waals surface area contributed by atoms with Crippen molar-refractivity contribution >= 4 is 33.6 Å². The van der Waals surface area contributed by atoms with Crippen LogP contribution in [0.25, 0.3) is 0 Å². The van der Waals surface area contributed by atoms with Gasteiger partial charge in [0.15, 0.2) is 11.4 Å². The normalized spacial score (nSPS) is 29.5. The predicted octanol–water partition coefficient (Wildman–Crippen LogP) is 0.0391. The number of hydrogen-bond acceptors (Lipinski definition) is 10. The van der Waals surface area contributed by atoms with Crippen LogP contribution in [0.4, 0.5) is 5.13 Å². The second kappa shape index (κ2) is 7.46. The number of ether oxygens (including phenoxy) is 1. The maximum Gasteiger partial charge on any atom is 0.214 e. The molecule has 3 heterocycles. The number of carbonyl (C=O) groups is 1. The molecular formula is C15H18N2O6S2. The van der Waals surface area contributed by atoms with Crippen molar-refractivity contribution in [1.82, 2.24) is 4.98 Å². The summed E-state index contributed by atoms with van der Waals surface area (Å²) in [4.78, 5) is 17.4. The fraction of sp³-hybridized carbons (Fsp3) is 0.467. The molecule has 2 aromatic rings. The third kappa shape index (κ3) is 3.75. The summed E-state index contributed by atoms with van der Waals surface area (Å²) >= 11 is 2.44. The number of thiophene rings is 1. The SMILES string of the molecule is O=C(c1cccs1)c1cnc(N[C@H]2OC[C@@](O)(CCO)C(O)C2O)s1. The molecular weight excluding hydrogens is 368 g/mol. The Kier molecular flexibility index (Phi) is 5.49. The predicted molar refractivity (Wildman–Crippen MR) is 91.9 cm³/mol. The topological polar surface area (TPSA) is 132 Å². The average Bonchev–Trinajstić information content (AvgIpc) is 3.27. The van der Waals surface area contributed by atoms with Crippen LogP contribution in [-0.4, -0.2) is 68.4 Å². The summed E-state index contributed by atoms with van der Waals surface area (Å²) in [6.45, 7) is -0.599. The number of anilines is 1. The number of hydrogen-bond donors (Lipinski definition) is 5. The average molecular weight is 386 g/mol. The zero-order valence-electron chi connectivity index (χ0n) is 13.0. The van der Waals surface area contributed by atoms with Gasteiger partial charge in [-0.1, -0.05) is 17.4 Å². The summed E-state index contributed by atoms with van der Waals surface area (Å²) in [5.41, 5.74) is -1.71. The van der Waals surface area contributed by atoms with Crippen molar-refractivity contribution in [2.75, 3.05) is 18.5 Å². The molecule has 2 aromatic heterocycles. The van der Waals surface area contributed by atoms with Gasteiger partial charge in [0.05, 0.1) is 22.6 Å². The van der Waals surface area contributed by atoms with E-state index >= 15 is 0 Å². The number of aromatic nitrogens is 1. The van der Waals surface area contributed by atoms with E-state index in [1.165, 1.54) is 17.5 Å². The monoisotopic (exact) mass is 386 g/mol. The fourth-order valence-corrected chi connectivity index (χ4v) is 4.08. The van der Waals surface area contributed by atoms with Crippen LogP contribution in [0.15, 0.2) is 23.7 Å². The second-order valence-electron chi connectivity index (χ2n) is 5.72. The molecule has 0 spiro atoms. The highest BCUT2D eigenvalue weighted by Crippen LogP contribution is 2.29. The van der Waals surface area contributed by atoms with Crippen molar-refractivity contribution in [3.63, 3.8) is 0 Å². The molecule has 3 rings (SSSR count). The highest BCUT2D eigenvalue weighted by molar-refractivity contribution is 7.19. The Balaban J connectivity index is 1.66. The Hall–Kier alpha value is -1.40. The van der Waals surface area contributed by atoms with Crippen LogP contribution in [0.1, 0.15) is 21.0 Å². The molecule has 1 aliphatic heterocycles. The summed E-state index contributed by atoms with van der Waals surface area (Å²) in [7, 11) is 0. The zero-order valence-corrected chi connectivity index (χ0v) is 14.7. The van der Waals surface area contributed by atoms with Crippen LogP contribution in [0.5, 0.6) is 0 Å². The van der Waals surface area contributed by atoms with Gasteiger partial charge in [-0.2, -0.15) is 0 Å². The maximum absolute atomic E-state index is 12.3. The fourth-order valence-electron chi connectivity index (χ4n) is 2.54. The van der Waals surface area contributed by atoms with Crippen LogP contribution in [-0.2, 0) is 4.74 Å². The molecule has 1 aliphatic rings. The van der Waals surface area contributed by atoms with Crippen LogP contribution in [0.3, 0.4) is 0 Å². The van der Waals surface area contributed by atoms with E-state index in [-0.39, 0.29) is 25.4 Å². The van der Waals surface area contributed by atoms with Crippen LogP contribution >= 0.6 is 22.7 Å². The van der Waals surface area contributed by atoms with Gasteiger partial charge in [-0.25, -0.2) is 4.98 Å². The minimum Gasteiger partial charge on any atom is -0.396 e. The number of carbonyl (C=O) groups excluding carboxylic acids is 1. The van der Waals surface area contributed by atoms with E-state index in [9.17, 15) is 20.1 Å². The zero-order chi connectivity index (χ0) is 18.0. The number of ketones is 1. The number of aliphatic hydroxyl groups excluding tert-OH is 3. The highest BCUT2D eigenvalue weighted by Gasteiger charge is 2.48. The lowest BCUT2D eigenvalue weighted by molar-refractivity contribution is -0.232. The molecule has 1 saturated heterocycles. The summed E-state index contributed by atoms with van der Waals surface area (Å²) in [5.74, 6) is -0.136. The molecule has 0 radical (unpaired) electrons. The standard InChI is InChI=1S/C15H18N2O6S2/c18-4-3-15(22)7-23-13(11(20)12(15)21)17-14-16-6-9(25-14)10(19)8-2-1-5-24-8/h1-2,5-6,11-13,18,20-22H,3-4,7H2,(H,16,17)/t11?,12?,13-,15-/m0/s1. The van der Waals surface area contributed by atoms with Gasteiger partial charge in [-0.3, -0.25) is 4.79 Å². The molecule has 1 fully saturated rings. The first-order valence-corrected chi connectivity index (χ1v) is 9.26. The molecule has 25 heavy (non-hydrogen) atoms. The quantitative estimate of drug-likeness (QED) is 0.440. The van der Waals surface area contributed by atoms with Crippen molar-refractivity contribution in [1.29, 1.82) is 0 Å². The van der Waals surface area contributed by atoms with Gasteiger partial charge in [0.1, 0.15) is 17.8 Å². The van der Waals surface area contributed by atoms with Gasteiger partial charge in [-0.15, -0.1) is 11.3 Å². The van der Waals surface area contributed by atoms with E-state index < -0.39 is 24.0 Å². The minimum atomic E-state index is -1.71. The summed E-state index contributed by atoms with van der Waals surface area (Å²) in [6, 6.07) is 3.52. The highest BCUT2D eigenvalue weighted by atomic mass is 32.1. The molecule has 2 unspecified atom stereocenters. The Bertz CT molecular complexity index is 721. The molecule has 0 amide bonds. The summed E-state index contributed by atoms with van der Waals surface area (Å²) in [6.07, 6.45) is -2.59. The smallest absolute Gasteiger partial charge is 0.214 e. The first-order valence-electron chi connectivity index (χ1n) is 7.56. The number of aliphatic hydroxyl groups is 4. The summed E-state index contributed by atoms with van der Waals surface area (Å²) < 4.78 is 5.38. The van der Waals surface area contributed by atoms with Gasteiger partial charge in [0, 0.05) is 13.0 Å². The number of nitrogens with one attached hydrogen (secondary N) is 1. The molecule has 0 bridgehead atoms. The van der Waals surface area contributed by atoms with Crippen LogP contribution in [0, 0.1) is 0 Å². The molecule has 136 valence electrons. The largest absolute Gasteiger partial charge is 0.396 e. The molecule has 0 aliphatic carbocycles. The van der Waals surface area contributed by atoms with Crippen molar-refractivity contribution in [2.24, 2.45) is 0 Å². The van der Waals surface area contributed by atoms with Crippen LogP contribution in [0.2, 0.25) is 0 Å². The van der Waals surface area contributed by atoms with Crippen LogP contribution < -0.4 is 5.32 Å². The molecule has 5 N–H and O–H groups in total. The third-order valence-electron chi connectivity index (χ3n) is 3.98. The lowest BCUT2D eigenvalue weighted by Crippen LogP contribution is -2.63. The van der Waals surface area contributed by atoms with Gasteiger partial charge < -0.3 is 30.5 Å². The number of rotatable bonds is 6. The molecule has 0 saturated carbocycles. The van der Waals surface area contributed by atoms with Gasteiger partial charge in [0.25, 0.3) is 0 Å². The summed E-state index contributed by atoms with van der Waals surface area (Å²) in [5, 5.41) is 44.4. The van der Waals surface area contributed by atoms with E-state index in [0.29, 0.717) is 14.9 Å². The van der Waals surface area contributed by atoms with Crippen molar-refractivity contribution in [3.8, 4) is 0 Å². The lowest BCUT2D eigenvalue weighted by Gasteiger charge is -2.43. The van der Waals surface area contributed by atoms with Crippen molar-refractivity contribution < 1.29 is 30.0 Å². The first kappa shape index (κ1) is 18.4. The third-order valence-corrected chi connectivity index (χ3v) is 5.78. The van der Waals surface area contributed by atoms with E-state index in [0.717, 1.165) is 11.3 Å². The lowest BCUT2D eigenvalue weighted by atomic mass is 9.87. The Morgan fingerprint density at radius 1 is 1.44 bits per heavy atom. The van der Waals surface area contributed by atoms with Crippen molar-refractivity contribution in [2.45, 2.75) is 30.5 Å². The molecule has 0 aromatic carbocycles. The minimum absolute atomic E-state index is 0.116. The second-order valence-corrected chi connectivity index (χ2v) is 7.70. The maximum atomic E-state index is 12.3. The number of thiazole rings is 1. The Morgan fingerprint density at radius 2 is 2.24 bits per heavy atom. The first-order chi connectivity index (χ1) is 11.9. The number of nitrogens with zero attached hydrogens (tertiary/aromatic N) is 1. The van der Waals surface area contributed by atoms with E-state index in [1.54, 1.807) is 12.1 Å².